The molecule has 0 aromatic heterocycles. The highest BCUT2D eigenvalue weighted by molar-refractivity contribution is 5.92. The average Bonchev–Trinajstić information content (AvgIpc) is 3.16. The molecule has 11 nitrogen and oxygen atoms in total. The lowest BCUT2D eigenvalue weighted by Crippen LogP contribution is -2.58. The third kappa shape index (κ3) is 12.9. The van der Waals surface area contributed by atoms with Crippen LogP contribution in [0.5, 0.6) is 0 Å². The summed E-state index contributed by atoms with van der Waals surface area (Å²) in [5.41, 5.74) is 1.63. The molecule has 3 rings (SSSR count). The summed E-state index contributed by atoms with van der Waals surface area (Å²) in [6.07, 6.45) is 0.998. The monoisotopic (exact) mass is 718 g/mol. The number of aliphatic hydroxyl groups is 2. The van der Waals surface area contributed by atoms with Crippen molar-refractivity contribution in [3.05, 3.63) is 83.9 Å². The van der Waals surface area contributed by atoms with Crippen LogP contribution in [-0.4, -0.2) is 70.9 Å². The van der Waals surface area contributed by atoms with Crippen LogP contribution in [0.15, 0.2) is 72.8 Å². The summed E-state index contributed by atoms with van der Waals surface area (Å²) >= 11 is 0. The maximum atomic E-state index is 14.1. The van der Waals surface area contributed by atoms with E-state index in [1.54, 1.807) is 0 Å². The van der Waals surface area contributed by atoms with Gasteiger partial charge in [-0.25, -0.2) is 4.79 Å². The molecule has 3 aromatic rings. The van der Waals surface area contributed by atoms with Crippen molar-refractivity contribution in [3.63, 3.8) is 0 Å². The molecule has 4 amide bonds. The summed E-state index contributed by atoms with van der Waals surface area (Å²) in [6.45, 7) is 9.49. The zero-order valence-electron chi connectivity index (χ0n) is 31.3. The second-order valence-electron chi connectivity index (χ2n) is 13.7. The molecule has 0 radical (unpaired) electrons. The molecule has 11 heteroatoms. The molecule has 0 aliphatic carbocycles. The molecule has 0 spiro atoms. The van der Waals surface area contributed by atoms with Gasteiger partial charge in [0.1, 0.15) is 18.7 Å². The summed E-state index contributed by atoms with van der Waals surface area (Å²) < 4.78 is 5.47. The van der Waals surface area contributed by atoms with Gasteiger partial charge in [-0.05, 0) is 40.2 Å². The Hall–Kier alpha value is -4.48. The van der Waals surface area contributed by atoms with Gasteiger partial charge in [0.25, 0.3) is 0 Å². The number of carbonyl (C=O) groups excluding carboxylic acids is 4. The van der Waals surface area contributed by atoms with Gasteiger partial charge in [0, 0.05) is 6.42 Å². The van der Waals surface area contributed by atoms with Crippen molar-refractivity contribution in [1.82, 2.24) is 21.3 Å². The fourth-order valence-electron chi connectivity index (χ4n) is 6.13. The second kappa shape index (κ2) is 21.8. The van der Waals surface area contributed by atoms with Crippen LogP contribution in [0.4, 0.5) is 4.79 Å². The van der Waals surface area contributed by atoms with Crippen LogP contribution in [0, 0.1) is 11.8 Å². The first-order chi connectivity index (χ1) is 25.0. The quantitative estimate of drug-likeness (QED) is 0.0886. The van der Waals surface area contributed by atoms with E-state index in [0.717, 1.165) is 34.7 Å². The Morgan fingerprint density at radius 2 is 1.40 bits per heavy atom. The number of hydrogen-bond acceptors (Lipinski definition) is 7. The fraction of sp³-hybridized carbons (Fsp3) is 0.512. The molecule has 3 aromatic carbocycles. The maximum absolute atomic E-state index is 14.1. The number of benzene rings is 3. The second-order valence-corrected chi connectivity index (χ2v) is 13.7. The van der Waals surface area contributed by atoms with Crippen molar-refractivity contribution in [2.75, 3.05) is 6.61 Å². The summed E-state index contributed by atoms with van der Waals surface area (Å²) in [7, 11) is 0. The first-order valence-electron chi connectivity index (χ1n) is 18.6. The first kappa shape index (κ1) is 41.9. The van der Waals surface area contributed by atoms with Crippen LogP contribution in [0.1, 0.15) is 84.3 Å². The van der Waals surface area contributed by atoms with E-state index in [-0.39, 0.29) is 37.9 Å². The van der Waals surface area contributed by atoms with Gasteiger partial charge in [0.15, 0.2) is 0 Å². The minimum atomic E-state index is -1.21. The number of rotatable bonds is 21. The number of unbranched alkanes of at least 4 members (excludes halogenated alkanes) is 1. The summed E-state index contributed by atoms with van der Waals surface area (Å²) in [5, 5.41) is 34.3. The number of aliphatic hydroxyl groups excluding tert-OH is 2. The molecule has 7 atom stereocenters. The normalized spacial score (nSPS) is 15.3. The molecule has 1 unspecified atom stereocenters. The zero-order valence-corrected chi connectivity index (χ0v) is 31.3. The summed E-state index contributed by atoms with van der Waals surface area (Å²) in [5.74, 6) is -1.62. The molecular weight excluding hydrogens is 660 g/mol. The van der Waals surface area contributed by atoms with Gasteiger partial charge in [0.05, 0.1) is 31.2 Å². The zero-order chi connectivity index (χ0) is 38.0. The van der Waals surface area contributed by atoms with Gasteiger partial charge in [-0.2, -0.15) is 0 Å². The van der Waals surface area contributed by atoms with E-state index in [9.17, 15) is 29.4 Å². The lowest BCUT2D eigenvalue weighted by Gasteiger charge is -2.31. The lowest BCUT2D eigenvalue weighted by atomic mass is 9.91. The van der Waals surface area contributed by atoms with Gasteiger partial charge in [-0.3, -0.25) is 14.4 Å². The Bertz CT molecular complexity index is 1560. The van der Waals surface area contributed by atoms with E-state index >= 15 is 0 Å². The van der Waals surface area contributed by atoms with Crippen LogP contribution >= 0.6 is 0 Å². The van der Waals surface area contributed by atoms with E-state index in [1.165, 1.54) is 0 Å². The topological polar surface area (TPSA) is 166 Å². The molecule has 0 heterocycles. The van der Waals surface area contributed by atoms with E-state index in [4.69, 9.17) is 4.74 Å². The van der Waals surface area contributed by atoms with E-state index in [1.807, 2.05) is 107 Å². The van der Waals surface area contributed by atoms with Crippen molar-refractivity contribution in [2.24, 2.45) is 11.8 Å². The standard InChI is InChI=1S/C41H58N4O7/c1-6-9-22-33(39(49)45-38(28(5)8-3)36(47)24-37(48)42-35(25-46)27(4)7-2)43-40(50)34(44-41(51)52-26-29-16-11-10-12-17-29)23-31-20-15-19-30-18-13-14-21-32(30)31/h10-21,27-28,33-36,38,46-47H,6-9,22-26H2,1-5H3,(H,42,48)(H,43,50)(H,44,51)(H,45,49)/t27-,28?,33-,34-,35+,36-,38-/m0/s1. The van der Waals surface area contributed by atoms with Crippen LogP contribution in [-0.2, 0) is 32.1 Å². The van der Waals surface area contributed by atoms with E-state index in [0.29, 0.717) is 19.3 Å². The highest BCUT2D eigenvalue weighted by Gasteiger charge is 2.33. The Kier molecular flexibility index (Phi) is 17.6. The van der Waals surface area contributed by atoms with Crippen LogP contribution in [0.3, 0.4) is 0 Å². The Balaban J connectivity index is 1.81. The Labute approximate surface area is 308 Å². The number of hydrogen-bond donors (Lipinski definition) is 6. The van der Waals surface area contributed by atoms with Crippen LogP contribution in [0.2, 0.25) is 0 Å². The van der Waals surface area contributed by atoms with Crippen LogP contribution < -0.4 is 21.3 Å². The van der Waals surface area contributed by atoms with Gasteiger partial charge < -0.3 is 36.2 Å². The highest BCUT2D eigenvalue weighted by atomic mass is 16.5. The number of ether oxygens (including phenoxy) is 1. The molecule has 284 valence electrons. The van der Waals surface area contributed by atoms with Crippen molar-refractivity contribution in [1.29, 1.82) is 0 Å². The molecule has 52 heavy (non-hydrogen) atoms. The molecule has 0 bridgehead atoms. The molecular formula is C41H58N4O7. The first-order valence-corrected chi connectivity index (χ1v) is 18.6. The largest absolute Gasteiger partial charge is 0.445 e. The van der Waals surface area contributed by atoms with Gasteiger partial charge in [-0.15, -0.1) is 0 Å². The van der Waals surface area contributed by atoms with Crippen molar-refractivity contribution in [3.8, 4) is 0 Å². The predicted octanol–water partition coefficient (Wildman–Crippen LogP) is 5.16. The summed E-state index contributed by atoms with van der Waals surface area (Å²) in [6, 6.07) is 19.5. The van der Waals surface area contributed by atoms with E-state index < -0.39 is 54.1 Å². The lowest BCUT2D eigenvalue weighted by molar-refractivity contribution is -0.132. The molecule has 0 saturated heterocycles. The minimum Gasteiger partial charge on any atom is -0.445 e. The summed E-state index contributed by atoms with van der Waals surface area (Å²) in [4.78, 5) is 53.9. The number of carbonyl (C=O) groups is 4. The SMILES string of the molecule is CCCC[C@H](NC(=O)[C@H](Cc1cccc2ccccc12)NC(=O)OCc1ccccc1)C(=O)N[C@@H](C(C)CC)[C@@H](O)CC(=O)N[C@H](CO)[C@@H](C)CC. The molecule has 6 N–H and O–H groups in total. The van der Waals surface area contributed by atoms with E-state index in [2.05, 4.69) is 21.3 Å². The smallest absolute Gasteiger partial charge is 0.408 e. The third-order valence-corrected chi connectivity index (χ3v) is 9.85. The predicted molar refractivity (Wildman–Crippen MR) is 203 cm³/mol. The third-order valence-electron chi connectivity index (χ3n) is 9.85. The van der Waals surface area contributed by atoms with Crippen molar-refractivity contribution in [2.45, 2.75) is 116 Å². The molecule has 0 aliphatic rings. The minimum absolute atomic E-state index is 0.0203. The number of nitrogens with one attached hydrogen (secondary N) is 4. The maximum Gasteiger partial charge on any atom is 0.408 e. The molecule has 0 fully saturated rings. The number of alkyl carbamates (subject to hydrolysis) is 1. The average molecular weight is 719 g/mol. The van der Waals surface area contributed by atoms with Crippen molar-refractivity contribution >= 4 is 34.6 Å². The Morgan fingerprint density at radius 3 is 2.08 bits per heavy atom. The van der Waals surface area contributed by atoms with Gasteiger partial charge in [0.2, 0.25) is 17.7 Å². The molecule has 0 aliphatic heterocycles. The molecule has 0 saturated carbocycles. The van der Waals surface area contributed by atoms with Gasteiger partial charge >= 0.3 is 6.09 Å². The number of fused-ring (bicyclic) bond motifs is 1. The van der Waals surface area contributed by atoms with Gasteiger partial charge in [-0.1, -0.05) is 133 Å². The number of amides is 4. The van der Waals surface area contributed by atoms with Crippen LogP contribution in [0.25, 0.3) is 10.8 Å². The highest BCUT2D eigenvalue weighted by Crippen LogP contribution is 2.21. The Morgan fingerprint density at radius 1 is 0.750 bits per heavy atom. The van der Waals surface area contributed by atoms with Crippen molar-refractivity contribution < 1.29 is 34.1 Å². The fourth-order valence-corrected chi connectivity index (χ4v) is 6.13.